The van der Waals surface area contributed by atoms with Crippen molar-refractivity contribution in [1.29, 1.82) is 0 Å². The molecule has 0 bridgehead atoms. The van der Waals surface area contributed by atoms with Crippen molar-refractivity contribution in [3.05, 3.63) is 63.5 Å². The molecule has 0 amide bonds. The van der Waals surface area contributed by atoms with Gasteiger partial charge < -0.3 is 4.18 Å². The minimum Gasteiger partial charge on any atom is -0.328 e. The molecule has 38 heavy (non-hydrogen) atoms. The summed E-state index contributed by atoms with van der Waals surface area (Å²) in [5, 5.41) is 0. The van der Waals surface area contributed by atoms with Gasteiger partial charge >= 0.3 is 6.18 Å². The number of hydrogen-bond donors (Lipinski definition) is 0. The molecule has 2 aliphatic carbocycles. The van der Waals surface area contributed by atoms with Crippen LogP contribution in [-0.4, -0.2) is 21.7 Å². The normalized spacial score (nSPS) is 28.2. The predicted molar refractivity (Wildman–Crippen MR) is 152 cm³/mol. The lowest BCUT2D eigenvalue weighted by atomic mass is 9.70. The quantitative estimate of drug-likeness (QED) is 0.336. The zero-order valence-corrected chi connectivity index (χ0v) is 24.9. The first-order chi connectivity index (χ1) is 17.6. The number of nitrogens with zero attached hydrogens (tertiary/aromatic N) is 1. The van der Waals surface area contributed by atoms with E-state index in [4.69, 9.17) is 9.17 Å². The Morgan fingerprint density at radius 2 is 1.63 bits per heavy atom. The maximum atomic E-state index is 13.3. The van der Waals surface area contributed by atoms with Crippen LogP contribution in [0.1, 0.15) is 131 Å². The zero-order chi connectivity index (χ0) is 27.7. The van der Waals surface area contributed by atoms with E-state index in [0.717, 1.165) is 29.9 Å². The second kappa shape index (κ2) is 9.54. The highest BCUT2D eigenvalue weighted by Gasteiger charge is 2.56. The lowest BCUT2D eigenvalue weighted by Gasteiger charge is -2.42. The van der Waals surface area contributed by atoms with Crippen molar-refractivity contribution >= 4 is 10.3 Å². The molecule has 3 aliphatic rings. The van der Waals surface area contributed by atoms with Crippen LogP contribution in [-0.2, 0) is 23.2 Å². The van der Waals surface area contributed by atoms with Crippen molar-refractivity contribution < 1.29 is 17.4 Å². The molecule has 0 spiro atoms. The Morgan fingerprint density at radius 1 is 1.03 bits per heavy atom. The van der Waals surface area contributed by atoms with Crippen LogP contribution in [0.15, 0.2) is 24.3 Å². The molecule has 2 heterocycles. The van der Waals surface area contributed by atoms with Gasteiger partial charge in [0.15, 0.2) is 0 Å². The third-order valence-corrected chi connectivity index (χ3v) is 13.3. The van der Waals surface area contributed by atoms with Crippen LogP contribution in [0.4, 0.5) is 13.2 Å². The molecule has 6 heteroatoms. The number of hydrogen-bond acceptors (Lipinski definition) is 2. The second-order valence-corrected chi connectivity index (χ2v) is 17.4. The number of benzene rings is 1. The standard InChI is InChI=1S/C32H44F3NOS/c1-20(2)29-24(16-21-12-14-23(15-13-21)32(33,34)35)27(22-10-8-9-11-22)28-25(36-29)17-30(3,4)18-26(28)37-38(7)19-31(38,5)6/h12-15,20,22,26H,8-11,16-19H2,1-7H3/t26-/m0/s1. The molecule has 0 radical (unpaired) electrons. The number of pyridine rings is 1. The number of aromatic nitrogens is 1. The fourth-order valence-corrected chi connectivity index (χ4v) is 9.62. The Kier molecular flexibility index (Phi) is 7.03. The van der Waals surface area contributed by atoms with Crippen molar-refractivity contribution in [2.75, 3.05) is 12.0 Å². The Balaban J connectivity index is 1.66. The first-order valence-electron chi connectivity index (χ1n) is 14.3. The maximum Gasteiger partial charge on any atom is 0.416 e. The number of rotatable bonds is 6. The van der Waals surface area contributed by atoms with Gasteiger partial charge in [0.05, 0.1) is 11.7 Å². The summed E-state index contributed by atoms with van der Waals surface area (Å²) in [7, 11) is -1.14. The van der Waals surface area contributed by atoms with Crippen molar-refractivity contribution in [1.82, 2.24) is 4.98 Å². The average molecular weight is 548 g/mol. The first-order valence-corrected chi connectivity index (χ1v) is 16.4. The smallest absolute Gasteiger partial charge is 0.328 e. The highest BCUT2D eigenvalue weighted by molar-refractivity contribution is 8.36. The monoisotopic (exact) mass is 547 g/mol. The van der Waals surface area contributed by atoms with E-state index in [2.05, 4.69) is 47.8 Å². The third-order valence-electron chi connectivity index (χ3n) is 9.20. The molecule has 1 unspecified atom stereocenters. The second-order valence-electron chi connectivity index (χ2n) is 13.8. The van der Waals surface area contributed by atoms with E-state index in [9.17, 15) is 13.2 Å². The van der Waals surface area contributed by atoms with Gasteiger partial charge in [-0.3, -0.25) is 4.98 Å². The van der Waals surface area contributed by atoms with E-state index in [0.29, 0.717) is 12.3 Å². The van der Waals surface area contributed by atoms with Crippen LogP contribution in [0.5, 0.6) is 0 Å². The molecule has 5 rings (SSSR count). The van der Waals surface area contributed by atoms with E-state index in [1.807, 2.05) is 0 Å². The van der Waals surface area contributed by atoms with Gasteiger partial charge in [0.25, 0.3) is 0 Å². The van der Waals surface area contributed by atoms with E-state index in [-0.39, 0.29) is 22.2 Å². The largest absolute Gasteiger partial charge is 0.416 e. The molecule has 2 nitrogen and oxygen atoms in total. The first kappa shape index (κ1) is 28.0. The minimum absolute atomic E-state index is 0.0335. The fraction of sp³-hybridized carbons (Fsp3) is 0.656. The van der Waals surface area contributed by atoms with Gasteiger partial charge in [-0.25, -0.2) is 0 Å². The van der Waals surface area contributed by atoms with Crippen LogP contribution < -0.4 is 0 Å². The van der Waals surface area contributed by atoms with Gasteiger partial charge in [-0.05, 0) is 98.3 Å². The molecule has 210 valence electrons. The van der Waals surface area contributed by atoms with Gasteiger partial charge in [-0.2, -0.15) is 13.2 Å². The molecule has 2 atom stereocenters. The summed E-state index contributed by atoms with van der Waals surface area (Å²) in [4.78, 5) is 5.38. The van der Waals surface area contributed by atoms with Crippen LogP contribution in [0.2, 0.25) is 0 Å². The van der Waals surface area contributed by atoms with E-state index < -0.39 is 22.0 Å². The molecule has 1 aromatic carbocycles. The third kappa shape index (κ3) is 5.29. The molecule has 1 aliphatic heterocycles. The summed E-state index contributed by atoms with van der Waals surface area (Å²) in [6.07, 6.45) is 5.38. The minimum atomic E-state index is -4.32. The zero-order valence-electron chi connectivity index (χ0n) is 24.1. The summed E-state index contributed by atoms with van der Waals surface area (Å²) in [6.45, 7) is 13.7. The molecule has 2 aromatic rings. The molecule has 2 fully saturated rings. The Bertz CT molecular complexity index is 1190. The van der Waals surface area contributed by atoms with Crippen LogP contribution in [0.3, 0.4) is 0 Å². The number of fused-ring (bicyclic) bond motifs is 1. The number of alkyl halides is 3. The average Bonchev–Trinajstić information content (AvgIpc) is 3.14. The predicted octanol–water partition coefficient (Wildman–Crippen LogP) is 9.64. The SMILES string of the molecule is CC(C)c1nc2c(c(C3CCCC3)c1Cc1ccc(C(F)(F)F)cc1)[C@@H](OS1(C)CC1(C)C)CC(C)(C)C2. The van der Waals surface area contributed by atoms with Gasteiger partial charge in [-0.1, -0.05) is 52.7 Å². The Morgan fingerprint density at radius 3 is 2.16 bits per heavy atom. The maximum absolute atomic E-state index is 13.3. The highest BCUT2D eigenvalue weighted by Crippen LogP contribution is 2.76. The van der Waals surface area contributed by atoms with Gasteiger partial charge in [0, 0.05) is 27.5 Å². The van der Waals surface area contributed by atoms with E-state index in [1.54, 1.807) is 12.1 Å². The van der Waals surface area contributed by atoms with Gasteiger partial charge in [-0.15, -0.1) is 10.3 Å². The summed E-state index contributed by atoms with van der Waals surface area (Å²) in [6, 6.07) is 5.75. The van der Waals surface area contributed by atoms with E-state index >= 15 is 0 Å². The topological polar surface area (TPSA) is 22.1 Å². The van der Waals surface area contributed by atoms with Crippen molar-refractivity contribution in [3.63, 3.8) is 0 Å². The Hall–Kier alpha value is -1.53. The molecule has 1 saturated heterocycles. The van der Waals surface area contributed by atoms with Crippen molar-refractivity contribution in [2.24, 2.45) is 5.41 Å². The lowest BCUT2D eigenvalue weighted by Crippen LogP contribution is -2.31. The molecule has 1 saturated carbocycles. The number of halogens is 3. The summed E-state index contributed by atoms with van der Waals surface area (Å²) >= 11 is 0. The Labute approximate surface area is 228 Å². The van der Waals surface area contributed by atoms with Crippen molar-refractivity contribution in [3.8, 4) is 0 Å². The summed E-state index contributed by atoms with van der Waals surface area (Å²) < 4.78 is 47.1. The lowest BCUT2D eigenvalue weighted by molar-refractivity contribution is -0.137. The highest BCUT2D eigenvalue weighted by atomic mass is 32.3. The van der Waals surface area contributed by atoms with Crippen LogP contribution >= 0.6 is 10.3 Å². The van der Waals surface area contributed by atoms with Gasteiger partial charge in [0.1, 0.15) is 0 Å². The van der Waals surface area contributed by atoms with E-state index in [1.165, 1.54) is 60.2 Å². The summed E-state index contributed by atoms with van der Waals surface area (Å²) in [5.74, 6) is 1.84. The molecule has 0 N–H and O–H groups in total. The van der Waals surface area contributed by atoms with Crippen molar-refractivity contribution in [2.45, 2.75) is 115 Å². The summed E-state index contributed by atoms with van der Waals surface area (Å²) in [5.41, 5.74) is 6.75. The van der Waals surface area contributed by atoms with Gasteiger partial charge in [0.2, 0.25) is 0 Å². The van der Waals surface area contributed by atoms with Crippen LogP contribution in [0.25, 0.3) is 0 Å². The molecular weight excluding hydrogens is 503 g/mol. The molecule has 1 aromatic heterocycles. The van der Waals surface area contributed by atoms with Crippen LogP contribution in [0, 0.1) is 5.41 Å². The fourth-order valence-electron chi connectivity index (χ4n) is 6.85. The molecular formula is C32H44F3NOS.